The first-order chi connectivity index (χ1) is 17.0. The van der Waals surface area contributed by atoms with Crippen LogP contribution in [0.4, 0.5) is 16.4 Å². The molecular weight excluding hydrogens is 452 g/mol. The lowest BCUT2D eigenvalue weighted by Crippen LogP contribution is -2.27. The van der Waals surface area contributed by atoms with Crippen LogP contribution in [0.2, 0.25) is 0 Å². The van der Waals surface area contributed by atoms with Gasteiger partial charge in [-0.05, 0) is 29.8 Å². The third-order valence-corrected chi connectivity index (χ3v) is 4.81. The van der Waals surface area contributed by atoms with Crippen LogP contribution in [-0.2, 0) is 6.61 Å². The number of primary amides is 1. The Morgan fingerprint density at radius 1 is 0.943 bits per heavy atom. The van der Waals surface area contributed by atoms with Crippen molar-refractivity contribution in [3.05, 3.63) is 78.4 Å². The highest BCUT2D eigenvalue weighted by molar-refractivity contribution is 5.94. The minimum Gasteiger partial charge on any atom is -0.488 e. The molecule has 4 rings (SSSR count). The van der Waals surface area contributed by atoms with E-state index in [-0.39, 0.29) is 25.5 Å². The molecule has 0 radical (unpaired) electrons. The molecule has 0 fully saturated rings. The number of pyridine rings is 1. The second kappa shape index (κ2) is 10.9. The number of aromatic nitrogens is 3. The van der Waals surface area contributed by atoms with E-state index < -0.39 is 12.0 Å². The van der Waals surface area contributed by atoms with E-state index in [1.165, 1.54) is 12.4 Å². The van der Waals surface area contributed by atoms with E-state index in [0.29, 0.717) is 28.5 Å². The molecule has 0 unspecified atom stereocenters. The maximum atomic E-state index is 11.9. The van der Waals surface area contributed by atoms with Crippen molar-refractivity contribution in [2.45, 2.75) is 6.61 Å². The van der Waals surface area contributed by atoms with Gasteiger partial charge < -0.3 is 30.9 Å². The van der Waals surface area contributed by atoms with Crippen LogP contribution >= 0.6 is 0 Å². The smallest absolute Gasteiger partial charge is 0.409 e. The van der Waals surface area contributed by atoms with Crippen molar-refractivity contribution >= 4 is 34.4 Å². The van der Waals surface area contributed by atoms with Crippen molar-refractivity contribution in [3.8, 4) is 11.5 Å². The van der Waals surface area contributed by atoms with Gasteiger partial charge >= 0.3 is 6.09 Å². The number of amides is 2. The third kappa shape index (κ3) is 5.97. The zero-order chi connectivity index (χ0) is 24.6. The average Bonchev–Trinajstić information content (AvgIpc) is 2.87. The van der Waals surface area contributed by atoms with Crippen molar-refractivity contribution in [3.63, 3.8) is 0 Å². The molecular formula is C24H22N6O5. The summed E-state index contributed by atoms with van der Waals surface area (Å²) in [5, 5.41) is 15.8. The number of anilines is 2. The summed E-state index contributed by atoms with van der Waals surface area (Å²) < 4.78 is 11.1. The standard InChI is InChI=1S/C24H22N6O5/c25-24(33)35-20-6-5-19(16-3-1-2-4-17(16)20)34-14-15-7-8-26-21(11-15)30-22-13-28-18(12-29-22)23(32)27-9-10-31/h1-8,11-13,31H,9-10,14H2,(H2,25,33)(H,27,32)(H,26,29,30). The summed E-state index contributed by atoms with van der Waals surface area (Å²) >= 11 is 0. The van der Waals surface area contributed by atoms with Gasteiger partial charge in [-0.3, -0.25) is 4.79 Å². The van der Waals surface area contributed by atoms with Gasteiger partial charge in [0, 0.05) is 23.5 Å². The molecule has 0 saturated carbocycles. The average molecular weight is 474 g/mol. The molecule has 2 amide bonds. The number of rotatable bonds is 9. The highest BCUT2D eigenvalue weighted by Crippen LogP contribution is 2.33. The summed E-state index contributed by atoms with van der Waals surface area (Å²) in [5.41, 5.74) is 6.14. The predicted molar refractivity (Wildman–Crippen MR) is 127 cm³/mol. The van der Waals surface area contributed by atoms with Crippen molar-refractivity contribution in [2.75, 3.05) is 18.5 Å². The van der Waals surface area contributed by atoms with E-state index in [4.69, 9.17) is 20.3 Å². The molecule has 4 aromatic rings. The van der Waals surface area contributed by atoms with Gasteiger partial charge in [-0.15, -0.1) is 0 Å². The highest BCUT2D eigenvalue weighted by Gasteiger charge is 2.11. The van der Waals surface area contributed by atoms with Gasteiger partial charge in [0.1, 0.15) is 35.4 Å². The van der Waals surface area contributed by atoms with Crippen LogP contribution in [-0.4, -0.2) is 45.2 Å². The van der Waals surface area contributed by atoms with E-state index in [0.717, 1.165) is 10.9 Å². The van der Waals surface area contributed by atoms with Gasteiger partial charge in [0.25, 0.3) is 5.91 Å². The molecule has 178 valence electrons. The maximum Gasteiger partial charge on any atom is 0.409 e. The fourth-order valence-electron chi connectivity index (χ4n) is 3.26. The van der Waals surface area contributed by atoms with E-state index in [1.54, 1.807) is 24.4 Å². The van der Waals surface area contributed by atoms with E-state index in [2.05, 4.69) is 25.6 Å². The first-order valence-corrected chi connectivity index (χ1v) is 10.6. The number of hydrogen-bond donors (Lipinski definition) is 4. The lowest BCUT2D eigenvalue weighted by Gasteiger charge is -2.13. The Morgan fingerprint density at radius 3 is 2.43 bits per heavy atom. The molecule has 11 nitrogen and oxygen atoms in total. The van der Waals surface area contributed by atoms with E-state index >= 15 is 0 Å². The summed E-state index contributed by atoms with van der Waals surface area (Å²) in [6.45, 7) is 0.239. The summed E-state index contributed by atoms with van der Waals surface area (Å²) in [7, 11) is 0. The molecule has 2 aromatic heterocycles. The van der Waals surface area contributed by atoms with Crippen LogP contribution < -0.4 is 25.8 Å². The molecule has 2 heterocycles. The Balaban J connectivity index is 1.44. The van der Waals surface area contributed by atoms with Crippen LogP contribution in [0.25, 0.3) is 10.8 Å². The molecule has 0 saturated heterocycles. The van der Waals surface area contributed by atoms with Gasteiger partial charge in [-0.25, -0.2) is 19.7 Å². The van der Waals surface area contributed by atoms with Gasteiger partial charge in [0.15, 0.2) is 0 Å². The van der Waals surface area contributed by atoms with Crippen LogP contribution in [0.5, 0.6) is 11.5 Å². The molecule has 0 bridgehead atoms. The minimum absolute atomic E-state index is 0.138. The molecule has 0 aliphatic rings. The number of carbonyl (C=O) groups is 2. The van der Waals surface area contributed by atoms with Crippen molar-refractivity contribution in [1.29, 1.82) is 0 Å². The van der Waals surface area contributed by atoms with Gasteiger partial charge in [-0.2, -0.15) is 0 Å². The SMILES string of the molecule is NC(=O)Oc1ccc(OCc2ccnc(Nc3cnc(C(=O)NCCO)cn3)c2)c2ccccc12. The Bertz CT molecular complexity index is 1350. The summed E-state index contributed by atoms with van der Waals surface area (Å²) in [6.07, 6.45) is 3.50. The van der Waals surface area contributed by atoms with Crippen LogP contribution in [0.1, 0.15) is 16.1 Å². The zero-order valence-electron chi connectivity index (χ0n) is 18.5. The van der Waals surface area contributed by atoms with Gasteiger partial charge in [-0.1, -0.05) is 24.3 Å². The molecule has 11 heteroatoms. The van der Waals surface area contributed by atoms with Crippen LogP contribution in [0.3, 0.4) is 0 Å². The fraction of sp³-hybridized carbons (Fsp3) is 0.125. The Hall–Kier alpha value is -4.77. The maximum absolute atomic E-state index is 11.9. The number of nitrogens with two attached hydrogens (primary N) is 1. The zero-order valence-corrected chi connectivity index (χ0v) is 18.5. The topological polar surface area (TPSA) is 162 Å². The lowest BCUT2D eigenvalue weighted by molar-refractivity contribution is 0.0939. The summed E-state index contributed by atoms with van der Waals surface area (Å²) in [5.74, 6) is 1.48. The first kappa shape index (κ1) is 23.4. The number of fused-ring (bicyclic) bond motifs is 1. The minimum atomic E-state index is -0.884. The van der Waals surface area contributed by atoms with Crippen LogP contribution in [0, 0.1) is 0 Å². The molecule has 2 aromatic carbocycles. The molecule has 0 spiro atoms. The number of benzene rings is 2. The van der Waals surface area contributed by atoms with E-state index in [1.807, 2.05) is 30.3 Å². The number of ether oxygens (including phenoxy) is 2. The molecule has 35 heavy (non-hydrogen) atoms. The Labute approximate surface area is 199 Å². The Kier molecular flexibility index (Phi) is 7.28. The van der Waals surface area contributed by atoms with Crippen molar-refractivity contribution in [2.24, 2.45) is 5.73 Å². The van der Waals surface area contributed by atoms with Gasteiger partial charge in [0.2, 0.25) is 0 Å². The monoisotopic (exact) mass is 474 g/mol. The quantitative estimate of drug-likeness (QED) is 0.286. The van der Waals surface area contributed by atoms with Gasteiger partial charge in [0.05, 0.1) is 19.0 Å². The second-order valence-corrected chi connectivity index (χ2v) is 7.26. The molecule has 0 aliphatic heterocycles. The summed E-state index contributed by atoms with van der Waals surface area (Å²) in [4.78, 5) is 35.6. The third-order valence-electron chi connectivity index (χ3n) is 4.81. The number of nitrogens with one attached hydrogen (secondary N) is 2. The molecule has 0 atom stereocenters. The summed E-state index contributed by atoms with van der Waals surface area (Å²) in [6, 6.07) is 14.3. The number of aliphatic hydroxyl groups is 1. The normalized spacial score (nSPS) is 10.5. The lowest BCUT2D eigenvalue weighted by atomic mass is 10.1. The Morgan fingerprint density at radius 2 is 1.71 bits per heavy atom. The highest BCUT2D eigenvalue weighted by atomic mass is 16.5. The number of carbonyl (C=O) groups excluding carboxylic acids is 2. The van der Waals surface area contributed by atoms with Crippen molar-refractivity contribution in [1.82, 2.24) is 20.3 Å². The number of aliphatic hydroxyl groups excluding tert-OH is 1. The largest absolute Gasteiger partial charge is 0.488 e. The van der Waals surface area contributed by atoms with E-state index in [9.17, 15) is 9.59 Å². The molecule has 5 N–H and O–H groups in total. The van der Waals surface area contributed by atoms with Crippen molar-refractivity contribution < 1.29 is 24.2 Å². The molecule has 0 aliphatic carbocycles. The first-order valence-electron chi connectivity index (χ1n) is 10.6. The predicted octanol–water partition coefficient (Wildman–Crippen LogP) is 2.53. The number of nitrogens with zero attached hydrogens (tertiary/aromatic N) is 3. The number of hydrogen-bond acceptors (Lipinski definition) is 9. The fourth-order valence-corrected chi connectivity index (χ4v) is 3.26. The second-order valence-electron chi connectivity index (χ2n) is 7.26. The van der Waals surface area contributed by atoms with Crippen LogP contribution in [0.15, 0.2) is 67.1 Å².